The Hall–Kier alpha value is -0.710. The van der Waals surface area contributed by atoms with Crippen LogP contribution < -0.4 is 5.73 Å². The standard InChI is InChI=1S/C10H17F2NO2/c1-9(11,12)10(6-13,8(14)15-2)7-4-3-5-7/h7H,3-6,13H2,1-2H3. The number of hydrogen-bond acceptors (Lipinski definition) is 3. The van der Waals surface area contributed by atoms with Crippen LogP contribution in [0.2, 0.25) is 0 Å². The molecule has 1 unspecified atom stereocenters. The Morgan fingerprint density at radius 2 is 2.07 bits per heavy atom. The molecule has 88 valence electrons. The number of esters is 1. The maximum Gasteiger partial charge on any atom is 0.319 e. The molecule has 0 amide bonds. The number of carbonyl (C=O) groups is 1. The van der Waals surface area contributed by atoms with Crippen LogP contribution in [0.5, 0.6) is 0 Å². The lowest BCUT2D eigenvalue weighted by molar-refractivity contribution is -0.194. The van der Waals surface area contributed by atoms with Crippen molar-refractivity contribution >= 4 is 5.97 Å². The fraction of sp³-hybridized carbons (Fsp3) is 0.900. The van der Waals surface area contributed by atoms with Crippen LogP contribution in [0, 0.1) is 11.3 Å². The molecule has 0 saturated heterocycles. The summed E-state index contributed by atoms with van der Waals surface area (Å²) in [4.78, 5) is 11.6. The Morgan fingerprint density at radius 1 is 1.53 bits per heavy atom. The van der Waals surface area contributed by atoms with Crippen molar-refractivity contribution in [3.63, 3.8) is 0 Å². The molecule has 0 aromatic rings. The third-order valence-electron chi connectivity index (χ3n) is 3.46. The van der Waals surface area contributed by atoms with Gasteiger partial charge in [0.25, 0.3) is 5.92 Å². The quantitative estimate of drug-likeness (QED) is 0.733. The van der Waals surface area contributed by atoms with E-state index < -0.39 is 17.3 Å². The van der Waals surface area contributed by atoms with E-state index in [4.69, 9.17) is 5.73 Å². The summed E-state index contributed by atoms with van der Waals surface area (Å²) >= 11 is 0. The molecule has 1 aliphatic carbocycles. The monoisotopic (exact) mass is 221 g/mol. The molecule has 0 bridgehead atoms. The van der Waals surface area contributed by atoms with Gasteiger partial charge in [-0.25, -0.2) is 8.78 Å². The topological polar surface area (TPSA) is 52.3 Å². The molecule has 1 aliphatic rings. The van der Waals surface area contributed by atoms with E-state index in [0.717, 1.165) is 20.5 Å². The highest BCUT2D eigenvalue weighted by molar-refractivity contribution is 5.79. The minimum atomic E-state index is -3.14. The van der Waals surface area contributed by atoms with E-state index in [9.17, 15) is 13.6 Å². The van der Waals surface area contributed by atoms with Gasteiger partial charge in [0.05, 0.1) is 7.11 Å². The maximum atomic E-state index is 13.6. The molecular formula is C10H17F2NO2. The SMILES string of the molecule is COC(=O)C(CN)(C1CCC1)C(C)(F)F. The van der Waals surface area contributed by atoms with Gasteiger partial charge in [-0.3, -0.25) is 4.79 Å². The summed E-state index contributed by atoms with van der Waals surface area (Å²) in [6, 6.07) is 0. The van der Waals surface area contributed by atoms with Gasteiger partial charge in [0, 0.05) is 13.5 Å². The molecule has 0 heterocycles. The molecule has 1 fully saturated rings. The van der Waals surface area contributed by atoms with E-state index in [1.807, 2.05) is 0 Å². The van der Waals surface area contributed by atoms with Crippen molar-refractivity contribution in [3.05, 3.63) is 0 Å². The first-order valence-electron chi connectivity index (χ1n) is 5.06. The van der Waals surface area contributed by atoms with Gasteiger partial charge >= 0.3 is 5.97 Å². The number of alkyl halides is 2. The van der Waals surface area contributed by atoms with E-state index in [2.05, 4.69) is 4.74 Å². The second kappa shape index (κ2) is 4.04. The number of methoxy groups -OCH3 is 1. The zero-order valence-electron chi connectivity index (χ0n) is 9.06. The molecule has 15 heavy (non-hydrogen) atoms. The van der Waals surface area contributed by atoms with Crippen LogP contribution in [0.4, 0.5) is 8.78 Å². The minimum Gasteiger partial charge on any atom is -0.468 e. The molecule has 2 N–H and O–H groups in total. The molecular weight excluding hydrogens is 204 g/mol. The average Bonchev–Trinajstić information content (AvgIpc) is 2.07. The van der Waals surface area contributed by atoms with Crippen LogP contribution in [-0.2, 0) is 9.53 Å². The Morgan fingerprint density at radius 3 is 2.27 bits per heavy atom. The summed E-state index contributed by atoms with van der Waals surface area (Å²) in [5.41, 5.74) is 3.57. The van der Waals surface area contributed by atoms with Crippen LogP contribution in [-0.4, -0.2) is 25.5 Å². The maximum absolute atomic E-state index is 13.6. The van der Waals surface area contributed by atoms with Crippen molar-refractivity contribution < 1.29 is 18.3 Å². The molecule has 1 atom stereocenters. The van der Waals surface area contributed by atoms with Gasteiger partial charge in [0.1, 0.15) is 5.41 Å². The molecule has 1 rings (SSSR count). The first-order valence-corrected chi connectivity index (χ1v) is 5.06. The Kier molecular flexibility index (Phi) is 3.33. The second-order valence-electron chi connectivity index (χ2n) is 4.18. The van der Waals surface area contributed by atoms with E-state index >= 15 is 0 Å². The molecule has 0 spiro atoms. The normalized spacial score (nSPS) is 21.7. The zero-order chi connectivity index (χ0) is 11.7. The van der Waals surface area contributed by atoms with Gasteiger partial charge in [0.15, 0.2) is 0 Å². The molecule has 3 nitrogen and oxygen atoms in total. The van der Waals surface area contributed by atoms with Crippen LogP contribution >= 0.6 is 0 Å². The fourth-order valence-corrected chi connectivity index (χ4v) is 2.22. The van der Waals surface area contributed by atoms with Crippen LogP contribution in [0.25, 0.3) is 0 Å². The third-order valence-corrected chi connectivity index (χ3v) is 3.46. The van der Waals surface area contributed by atoms with Crippen molar-refractivity contribution in [2.75, 3.05) is 13.7 Å². The summed E-state index contributed by atoms with van der Waals surface area (Å²) < 4.78 is 31.6. The predicted molar refractivity (Wildman–Crippen MR) is 51.5 cm³/mol. The van der Waals surface area contributed by atoms with Crippen LogP contribution in [0.3, 0.4) is 0 Å². The summed E-state index contributed by atoms with van der Waals surface area (Å²) in [7, 11) is 1.12. The van der Waals surface area contributed by atoms with E-state index in [-0.39, 0.29) is 12.5 Å². The summed E-state index contributed by atoms with van der Waals surface area (Å²) in [6.45, 7) is 0.378. The van der Waals surface area contributed by atoms with Crippen LogP contribution in [0.1, 0.15) is 26.2 Å². The molecule has 0 aromatic carbocycles. The van der Waals surface area contributed by atoms with E-state index in [0.29, 0.717) is 12.8 Å². The Labute approximate surface area is 88.0 Å². The molecule has 0 aliphatic heterocycles. The highest BCUT2D eigenvalue weighted by atomic mass is 19.3. The van der Waals surface area contributed by atoms with E-state index in [1.165, 1.54) is 0 Å². The first kappa shape index (κ1) is 12.4. The predicted octanol–water partition coefficient (Wildman–Crippen LogP) is 1.56. The summed E-state index contributed by atoms with van der Waals surface area (Å²) in [5.74, 6) is -4.38. The lowest BCUT2D eigenvalue weighted by Crippen LogP contribution is -2.58. The van der Waals surface area contributed by atoms with Gasteiger partial charge in [-0.1, -0.05) is 6.42 Å². The second-order valence-corrected chi connectivity index (χ2v) is 4.18. The highest BCUT2D eigenvalue weighted by Gasteiger charge is 2.61. The smallest absolute Gasteiger partial charge is 0.319 e. The van der Waals surface area contributed by atoms with Crippen molar-refractivity contribution in [1.29, 1.82) is 0 Å². The first-order chi connectivity index (χ1) is 6.90. The van der Waals surface area contributed by atoms with Crippen LogP contribution in [0.15, 0.2) is 0 Å². The third kappa shape index (κ3) is 1.73. The summed E-state index contributed by atoms with van der Waals surface area (Å²) in [6.07, 6.45) is 2.12. The number of carbonyl (C=O) groups excluding carboxylic acids is 1. The van der Waals surface area contributed by atoms with Crippen molar-refractivity contribution in [2.24, 2.45) is 17.1 Å². The summed E-state index contributed by atoms with van der Waals surface area (Å²) in [5, 5.41) is 0. The van der Waals surface area contributed by atoms with Gasteiger partial charge in [-0.2, -0.15) is 0 Å². The Balaban J connectivity index is 3.06. The molecule has 0 aromatic heterocycles. The van der Waals surface area contributed by atoms with Gasteiger partial charge < -0.3 is 10.5 Å². The lowest BCUT2D eigenvalue weighted by atomic mass is 9.62. The Bertz CT molecular complexity index is 248. The molecule has 0 radical (unpaired) electrons. The number of ether oxygens (including phenoxy) is 1. The largest absolute Gasteiger partial charge is 0.468 e. The van der Waals surface area contributed by atoms with Crippen molar-refractivity contribution in [1.82, 2.24) is 0 Å². The average molecular weight is 221 g/mol. The molecule has 1 saturated carbocycles. The highest BCUT2D eigenvalue weighted by Crippen LogP contribution is 2.51. The van der Waals surface area contributed by atoms with Crippen molar-refractivity contribution in [3.8, 4) is 0 Å². The number of hydrogen-bond donors (Lipinski definition) is 1. The number of halogens is 2. The van der Waals surface area contributed by atoms with Gasteiger partial charge in [-0.15, -0.1) is 0 Å². The van der Waals surface area contributed by atoms with E-state index in [1.54, 1.807) is 0 Å². The van der Waals surface area contributed by atoms with Gasteiger partial charge in [0.2, 0.25) is 0 Å². The lowest BCUT2D eigenvalue weighted by Gasteiger charge is -2.45. The minimum absolute atomic E-state index is 0.352. The van der Waals surface area contributed by atoms with Gasteiger partial charge in [-0.05, 0) is 18.8 Å². The number of nitrogens with two attached hydrogens (primary N) is 1. The van der Waals surface area contributed by atoms with Crippen molar-refractivity contribution in [2.45, 2.75) is 32.1 Å². The zero-order valence-corrected chi connectivity index (χ0v) is 9.06. The number of rotatable bonds is 4. The molecule has 5 heteroatoms. The fourth-order valence-electron chi connectivity index (χ4n) is 2.22.